The smallest absolute Gasteiger partial charge is 0.274 e. The molecule has 0 bridgehead atoms. The Morgan fingerprint density at radius 1 is 1.28 bits per heavy atom. The summed E-state index contributed by atoms with van der Waals surface area (Å²) in [7, 11) is 0. The van der Waals surface area contributed by atoms with Crippen molar-refractivity contribution in [3.05, 3.63) is 74.7 Å². The summed E-state index contributed by atoms with van der Waals surface area (Å²) in [5.41, 5.74) is 2.26. The van der Waals surface area contributed by atoms with Crippen molar-refractivity contribution in [3.8, 4) is 5.69 Å². The first kappa shape index (κ1) is 17.6. The molecule has 0 unspecified atom stereocenters. The standard InChI is InChI=1S/C17H13BrClFN4O/c1-10-16(22-23-24(10)14-6-3-12(18)4-7-14)17(25)21-9-11-2-5-13(20)8-15(11)19/h2-8H,9H2,1H3,(H,21,25). The van der Waals surface area contributed by atoms with Crippen molar-refractivity contribution in [2.24, 2.45) is 0 Å². The quantitative estimate of drug-likeness (QED) is 0.688. The van der Waals surface area contributed by atoms with Crippen LogP contribution in [-0.2, 0) is 6.54 Å². The molecule has 1 amide bonds. The van der Waals surface area contributed by atoms with E-state index in [1.165, 1.54) is 18.2 Å². The van der Waals surface area contributed by atoms with Gasteiger partial charge in [-0.15, -0.1) is 5.10 Å². The first-order valence-electron chi connectivity index (χ1n) is 7.36. The number of benzene rings is 2. The largest absolute Gasteiger partial charge is 0.346 e. The summed E-state index contributed by atoms with van der Waals surface area (Å²) >= 11 is 9.33. The number of nitrogens with zero attached hydrogens (tertiary/aromatic N) is 3. The van der Waals surface area contributed by atoms with Gasteiger partial charge in [-0.05, 0) is 48.9 Å². The Kier molecular flexibility index (Phi) is 5.15. The van der Waals surface area contributed by atoms with Crippen LogP contribution in [0.2, 0.25) is 5.02 Å². The van der Waals surface area contributed by atoms with E-state index in [1.54, 1.807) is 11.6 Å². The normalized spacial score (nSPS) is 10.7. The third-order valence-corrected chi connectivity index (χ3v) is 4.52. The predicted molar refractivity (Wildman–Crippen MR) is 96.4 cm³/mol. The number of hydrogen-bond acceptors (Lipinski definition) is 3. The summed E-state index contributed by atoms with van der Waals surface area (Å²) in [5, 5.41) is 11.0. The third kappa shape index (κ3) is 3.88. The molecule has 0 spiro atoms. The minimum atomic E-state index is -0.423. The number of amides is 1. The van der Waals surface area contributed by atoms with Crippen molar-refractivity contribution in [1.82, 2.24) is 20.3 Å². The van der Waals surface area contributed by atoms with Crippen LogP contribution in [0.3, 0.4) is 0 Å². The highest BCUT2D eigenvalue weighted by Gasteiger charge is 2.17. The Morgan fingerprint density at radius 2 is 2.00 bits per heavy atom. The van der Waals surface area contributed by atoms with Crippen molar-refractivity contribution < 1.29 is 9.18 Å². The zero-order chi connectivity index (χ0) is 18.0. The van der Waals surface area contributed by atoms with Gasteiger partial charge in [-0.2, -0.15) is 0 Å². The number of halogens is 3. The maximum atomic E-state index is 13.1. The second kappa shape index (κ2) is 7.33. The zero-order valence-corrected chi connectivity index (χ0v) is 15.5. The lowest BCUT2D eigenvalue weighted by Crippen LogP contribution is -2.24. The monoisotopic (exact) mass is 422 g/mol. The predicted octanol–water partition coefficient (Wildman–Crippen LogP) is 4.06. The molecule has 8 heteroatoms. The molecule has 1 heterocycles. The molecule has 0 fully saturated rings. The SMILES string of the molecule is Cc1c(C(=O)NCc2ccc(F)cc2Cl)nnn1-c1ccc(Br)cc1. The fourth-order valence-electron chi connectivity index (χ4n) is 2.29. The summed E-state index contributed by atoms with van der Waals surface area (Å²) in [6.07, 6.45) is 0. The first-order valence-corrected chi connectivity index (χ1v) is 8.53. The number of hydrogen-bond donors (Lipinski definition) is 1. The Bertz CT molecular complexity index is 927. The number of aromatic nitrogens is 3. The topological polar surface area (TPSA) is 59.8 Å². The average Bonchev–Trinajstić information content (AvgIpc) is 2.96. The van der Waals surface area contributed by atoms with Gasteiger partial charge < -0.3 is 5.32 Å². The summed E-state index contributed by atoms with van der Waals surface area (Å²) in [6.45, 7) is 1.93. The summed E-state index contributed by atoms with van der Waals surface area (Å²) in [6, 6.07) is 11.5. The lowest BCUT2D eigenvalue weighted by molar-refractivity contribution is 0.0945. The summed E-state index contributed by atoms with van der Waals surface area (Å²) in [5.74, 6) is -0.797. The third-order valence-electron chi connectivity index (χ3n) is 3.64. The van der Waals surface area contributed by atoms with Gasteiger partial charge in [0.1, 0.15) is 5.82 Å². The lowest BCUT2D eigenvalue weighted by atomic mass is 10.2. The Morgan fingerprint density at radius 3 is 2.68 bits per heavy atom. The second-order valence-electron chi connectivity index (χ2n) is 5.33. The van der Waals surface area contributed by atoms with Crippen LogP contribution in [-0.4, -0.2) is 20.9 Å². The van der Waals surface area contributed by atoms with Gasteiger partial charge in [0.05, 0.1) is 11.4 Å². The molecule has 3 aromatic rings. The van der Waals surface area contributed by atoms with Gasteiger partial charge in [0, 0.05) is 16.0 Å². The summed E-state index contributed by atoms with van der Waals surface area (Å²) in [4.78, 5) is 12.4. The number of nitrogens with one attached hydrogen (secondary N) is 1. The van der Waals surface area contributed by atoms with E-state index in [0.717, 1.165) is 10.2 Å². The van der Waals surface area contributed by atoms with E-state index >= 15 is 0 Å². The molecule has 1 N–H and O–H groups in total. The van der Waals surface area contributed by atoms with Gasteiger partial charge in [0.15, 0.2) is 5.69 Å². The number of rotatable bonds is 4. The van der Waals surface area contributed by atoms with Crippen molar-refractivity contribution in [2.45, 2.75) is 13.5 Å². The molecule has 128 valence electrons. The van der Waals surface area contributed by atoms with E-state index in [2.05, 4.69) is 31.6 Å². The second-order valence-corrected chi connectivity index (χ2v) is 6.65. The van der Waals surface area contributed by atoms with Gasteiger partial charge in [-0.1, -0.05) is 38.8 Å². The van der Waals surface area contributed by atoms with E-state index in [4.69, 9.17) is 11.6 Å². The minimum Gasteiger partial charge on any atom is -0.346 e. The molecule has 1 aromatic heterocycles. The van der Waals surface area contributed by atoms with Crippen molar-refractivity contribution >= 4 is 33.4 Å². The molecule has 0 radical (unpaired) electrons. The van der Waals surface area contributed by atoms with E-state index in [1.807, 2.05) is 24.3 Å². The van der Waals surface area contributed by atoms with Gasteiger partial charge >= 0.3 is 0 Å². The van der Waals surface area contributed by atoms with E-state index in [0.29, 0.717) is 11.3 Å². The Hall–Kier alpha value is -2.25. The van der Waals surface area contributed by atoms with Crippen LogP contribution in [0.4, 0.5) is 4.39 Å². The van der Waals surface area contributed by atoms with Crippen LogP contribution in [0.1, 0.15) is 21.7 Å². The molecule has 0 saturated heterocycles. The van der Waals surface area contributed by atoms with Crippen molar-refractivity contribution in [2.75, 3.05) is 0 Å². The molecule has 2 aromatic carbocycles. The van der Waals surface area contributed by atoms with Crippen LogP contribution in [0.5, 0.6) is 0 Å². The molecule has 0 aliphatic heterocycles. The van der Waals surface area contributed by atoms with Crippen molar-refractivity contribution in [1.29, 1.82) is 0 Å². The number of carbonyl (C=O) groups is 1. The van der Waals surface area contributed by atoms with E-state index in [9.17, 15) is 9.18 Å². The molecule has 3 rings (SSSR count). The maximum Gasteiger partial charge on any atom is 0.274 e. The van der Waals surface area contributed by atoms with Crippen LogP contribution >= 0.6 is 27.5 Å². The number of carbonyl (C=O) groups excluding carboxylic acids is 1. The van der Waals surface area contributed by atoms with E-state index in [-0.39, 0.29) is 23.2 Å². The van der Waals surface area contributed by atoms with Crippen LogP contribution in [0, 0.1) is 12.7 Å². The summed E-state index contributed by atoms with van der Waals surface area (Å²) < 4.78 is 15.6. The van der Waals surface area contributed by atoms with E-state index < -0.39 is 5.82 Å². The first-order chi connectivity index (χ1) is 12.0. The highest BCUT2D eigenvalue weighted by atomic mass is 79.9. The van der Waals surface area contributed by atoms with Gasteiger partial charge in [-0.25, -0.2) is 9.07 Å². The van der Waals surface area contributed by atoms with Gasteiger partial charge in [0.25, 0.3) is 5.91 Å². The Labute approximate surface area is 156 Å². The molecule has 25 heavy (non-hydrogen) atoms. The fraction of sp³-hybridized carbons (Fsp3) is 0.118. The maximum absolute atomic E-state index is 13.1. The molecule has 5 nitrogen and oxygen atoms in total. The molecule has 0 saturated carbocycles. The van der Waals surface area contributed by atoms with Gasteiger partial charge in [-0.3, -0.25) is 4.79 Å². The fourth-order valence-corrected chi connectivity index (χ4v) is 2.79. The van der Waals surface area contributed by atoms with Crippen LogP contribution in [0.15, 0.2) is 46.9 Å². The molecular formula is C17H13BrClFN4O. The van der Waals surface area contributed by atoms with Crippen LogP contribution in [0.25, 0.3) is 5.69 Å². The molecule has 0 aliphatic carbocycles. The zero-order valence-electron chi connectivity index (χ0n) is 13.1. The highest BCUT2D eigenvalue weighted by Crippen LogP contribution is 2.18. The average molecular weight is 424 g/mol. The van der Waals surface area contributed by atoms with Crippen molar-refractivity contribution in [3.63, 3.8) is 0 Å². The Balaban J connectivity index is 1.75. The minimum absolute atomic E-state index is 0.169. The molecule has 0 aliphatic rings. The van der Waals surface area contributed by atoms with Crippen LogP contribution < -0.4 is 5.32 Å². The molecular weight excluding hydrogens is 411 g/mol. The lowest BCUT2D eigenvalue weighted by Gasteiger charge is -2.07. The van der Waals surface area contributed by atoms with Gasteiger partial charge in [0.2, 0.25) is 0 Å². The highest BCUT2D eigenvalue weighted by molar-refractivity contribution is 9.10. The molecule has 0 atom stereocenters.